The van der Waals surface area contributed by atoms with Crippen LogP contribution in [0.15, 0.2) is 23.1 Å². The summed E-state index contributed by atoms with van der Waals surface area (Å²) >= 11 is 1.69. The van der Waals surface area contributed by atoms with E-state index in [0.29, 0.717) is 17.7 Å². The second kappa shape index (κ2) is 6.78. The lowest BCUT2D eigenvalue weighted by atomic mass is 10.2. The minimum Gasteiger partial charge on any atom is -0.211 e. The molecule has 0 saturated heterocycles. The molecule has 98 valence electrons. The van der Waals surface area contributed by atoms with E-state index in [-0.39, 0.29) is 4.90 Å². The lowest BCUT2D eigenvalue weighted by Crippen LogP contribution is -2.25. The number of sulfonamides is 1. The van der Waals surface area contributed by atoms with Crippen molar-refractivity contribution in [3.8, 4) is 6.07 Å². The Balaban J connectivity index is 2.82. The summed E-state index contributed by atoms with van der Waals surface area (Å²) < 4.78 is 26.6. The van der Waals surface area contributed by atoms with Gasteiger partial charge in [-0.25, -0.2) is 13.1 Å². The fraction of sp³-hybridized carbons (Fsp3) is 0.417. The predicted octanol–water partition coefficient (Wildman–Crippen LogP) is 1.90. The molecule has 0 aliphatic heterocycles. The Kier molecular flexibility index (Phi) is 5.66. The maximum atomic E-state index is 12.0. The lowest BCUT2D eigenvalue weighted by Gasteiger charge is -2.09. The molecule has 0 unspecified atom stereocenters. The van der Waals surface area contributed by atoms with E-state index in [2.05, 4.69) is 4.72 Å². The molecule has 0 aliphatic rings. The van der Waals surface area contributed by atoms with E-state index in [1.165, 1.54) is 12.1 Å². The normalized spacial score (nSPS) is 11.2. The van der Waals surface area contributed by atoms with Gasteiger partial charge in [0, 0.05) is 6.54 Å². The van der Waals surface area contributed by atoms with Gasteiger partial charge in [-0.15, -0.1) is 0 Å². The van der Waals surface area contributed by atoms with Crippen LogP contribution in [0.3, 0.4) is 0 Å². The van der Waals surface area contributed by atoms with Crippen molar-refractivity contribution in [3.05, 3.63) is 29.3 Å². The van der Waals surface area contributed by atoms with Gasteiger partial charge in [0.1, 0.15) is 0 Å². The molecule has 1 N–H and O–H groups in total. The monoisotopic (exact) mass is 284 g/mol. The summed E-state index contributed by atoms with van der Waals surface area (Å²) in [5.41, 5.74) is 1.06. The summed E-state index contributed by atoms with van der Waals surface area (Å²) in [6, 6.07) is 6.56. The molecule has 6 heteroatoms. The SMILES string of the molecule is CSCCCNS(=O)(=O)c1ccc(C#N)cc1C. The molecular weight excluding hydrogens is 268 g/mol. The van der Waals surface area contributed by atoms with Gasteiger partial charge >= 0.3 is 0 Å². The fourth-order valence-electron chi connectivity index (χ4n) is 1.52. The van der Waals surface area contributed by atoms with Crippen molar-refractivity contribution in [3.63, 3.8) is 0 Å². The van der Waals surface area contributed by atoms with Crippen LogP contribution in [0.2, 0.25) is 0 Å². The smallest absolute Gasteiger partial charge is 0.211 e. The van der Waals surface area contributed by atoms with Gasteiger partial charge in [-0.3, -0.25) is 0 Å². The third-order valence-electron chi connectivity index (χ3n) is 2.41. The number of aryl methyl sites for hydroxylation is 1. The van der Waals surface area contributed by atoms with Crippen LogP contribution < -0.4 is 4.72 Å². The Labute approximate surface area is 112 Å². The number of rotatable bonds is 6. The summed E-state index contributed by atoms with van der Waals surface area (Å²) in [5.74, 6) is 0.925. The molecule has 0 saturated carbocycles. The molecule has 0 aliphatic carbocycles. The van der Waals surface area contributed by atoms with Crippen LogP contribution in [0.25, 0.3) is 0 Å². The van der Waals surface area contributed by atoms with E-state index in [9.17, 15) is 8.42 Å². The van der Waals surface area contributed by atoms with Crippen LogP contribution in [0.5, 0.6) is 0 Å². The minimum atomic E-state index is -3.47. The van der Waals surface area contributed by atoms with Crippen LogP contribution >= 0.6 is 11.8 Å². The van der Waals surface area contributed by atoms with Gasteiger partial charge < -0.3 is 0 Å². The first-order chi connectivity index (χ1) is 8.51. The molecule has 0 amide bonds. The largest absolute Gasteiger partial charge is 0.240 e. The highest BCUT2D eigenvalue weighted by Gasteiger charge is 2.16. The summed E-state index contributed by atoms with van der Waals surface area (Å²) in [5, 5.41) is 8.74. The van der Waals surface area contributed by atoms with E-state index >= 15 is 0 Å². The van der Waals surface area contributed by atoms with Crippen LogP contribution in [-0.4, -0.2) is 27.0 Å². The molecular formula is C12H16N2O2S2. The first-order valence-corrected chi connectivity index (χ1v) is 8.38. The van der Waals surface area contributed by atoms with Crippen LogP contribution in [0, 0.1) is 18.3 Å². The molecule has 0 fully saturated rings. The average Bonchev–Trinajstić information content (AvgIpc) is 2.34. The Bertz CT molecular complexity index is 548. The van der Waals surface area contributed by atoms with Gasteiger partial charge in [0.05, 0.1) is 16.5 Å². The molecule has 0 radical (unpaired) electrons. The second-order valence-electron chi connectivity index (χ2n) is 3.84. The Morgan fingerprint density at radius 2 is 2.17 bits per heavy atom. The summed E-state index contributed by atoms with van der Waals surface area (Å²) in [4.78, 5) is 0.241. The predicted molar refractivity (Wildman–Crippen MR) is 74.1 cm³/mol. The van der Waals surface area contributed by atoms with Crippen molar-refractivity contribution in [2.24, 2.45) is 0 Å². The molecule has 1 aromatic rings. The molecule has 0 aromatic heterocycles. The van der Waals surface area contributed by atoms with Crippen molar-refractivity contribution in [1.82, 2.24) is 4.72 Å². The molecule has 1 aromatic carbocycles. The van der Waals surface area contributed by atoms with Gasteiger partial charge in [0.15, 0.2) is 0 Å². The number of nitrogens with zero attached hydrogens (tertiary/aromatic N) is 1. The molecule has 0 atom stereocenters. The second-order valence-corrected chi connectivity index (χ2v) is 6.56. The zero-order valence-electron chi connectivity index (χ0n) is 10.4. The number of benzene rings is 1. The van der Waals surface area contributed by atoms with E-state index in [1.807, 2.05) is 12.3 Å². The van der Waals surface area contributed by atoms with Gasteiger partial charge in [0.2, 0.25) is 10.0 Å². The van der Waals surface area contributed by atoms with Gasteiger partial charge in [0.25, 0.3) is 0 Å². The first kappa shape index (κ1) is 15.0. The van der Waals surface area contributed by atoms with E-state index < -0.39 is 10.0 Å². The van der Waals surface area contributed by atoms with Gasteiger partial charge in [-0.1, -0.05) is 0 Å². The maximum Gasteiger partial charge on any atom is 0.240 e. The number of thioether (sulfide) groups is 1. The van der Waals surface area contributed by atoms with Crippen LogP contribution in [0.4, 0.5) is 0 Å². The van der Waals surface area contributed by atoms with Crippen molar-refractivity contribution in [2.45, 2.75) is 18.2 Å². The van der Waals surface area contributed by atoms with Crippen molar-refractivity contribution >= 4 is 21.8 Å². The Hall–Kier alpha value is -1.03. The zero-order valence-corrected chi connectivity index (χ0v) is 12.1. The van der Waals surface area contributed by atoms with E-state index in [1.54, 1.807) is 24.8 Å². The highest BCUT2D eigenvalue weighted by molar-refractivity contribution is 7.98. The third-order valence-corrected chi connectivity index (χ3v) is 4.73. The maximum absolute atomic E-state index is 12.0. The van der Waals surface area contributed by atoms with E-state index in [0.717, 1.165) is 12.2 Å². The van der Waals surface area contributed by atoms with Gasteiger partial charge in [-0.05, 0) is 49.1 Å². The highest BCUT2D eigenvalue weighted by Crippen LogP contribution is 2.16. The quantitative estimate of drug-likeness (QED) is 0.810. The average molecular weight is 284 g/mol. The van der Waals surface area contributed by atoms with Crippen molar-refractivity contribution < 1.29 is 8.42 Å². The topological polar surface area (TPSA) is 70.0 Å². The summed E-state index contributed by atoms with van der Waals surface area (Å²) in [6.07, 6.45) is 2.79. The minimum absolute atomic E-state index is 0.241. The highest BCUT2D eigenvalue weighted by atomic mass is 32.2. The van der Waals surface area contributed by atoms with Crippen LogP contribution in [0.1, 0.15) is 17.5 Å². The first-order valence-electron chi connectivity index (χ1n) is 5.50. The fourth-order valence-corrected chi connectivity index (χ4v) is 3.25. The molecule has 0 heterocycles. The lowest BCUT2D eigenvalue weighted by molar-refractivity contribution is 0.580. The molecule has 18 heavy (non-hydrogen) atoms. The number of hydrogen-bond acceptors (Lipinski definition) is 4. The van der Waals surface area contributed by atoms with E-state index in [4.69, 9.17) is 5.26 Å². The molecule has 4 nitrogen and oxygen atoms in total. The number of nitrogens with one attached hydrogen (secondary N) is 1. The molecule has 0 spiro atoms. The number of nitriles is 1. The number of hydrogen-bond donors (Lipinski definition) is 1. The third kappa shape index (κ3) is 4.02. The van der Waals surface area contributed by atoms with Gasteiger partial charge in [-0.2, -0.15) is 17.0 Å². The Morgan fingerprint density at radius 3 is 2.72 bits per heavy atom. The van der Waals surface area contributed by atoms with Crippen molar-refractivity contribution in [2.75, 3.05) is 18.6 Å². The molecule has 1 rings (SSSR count). The standard InChI is InChI=1S/C12H16N2O2S2/c1-10-8-11(9-13)4-5-12(10)18(15,16)14-6-3-7-17-2/h4-5,8,14H,3,6-7H2,1-2H3. The molecule has 0 bridgehead atoms. The Morgan fingerprint density at radius 1 is 1.44 bits per heavy atom. The summed E-state index contributed by atoms with van der Waals surface area (Å²) in [6.45, 7) is 2.12. The van der Waals surface area contributed by atoms with Crippen LogP contribution in [-0.2, 0) is 10.0 Å². The van der Waals surface area contributed by atoms with Crippen molar-refractivity contribution in [1.29, 1.82) is 5.26 Å². The zero-order chi connectivity index (χ0) is 13.6. The summed E-state index contributed by atoms with van der Waals surface area (Å²) in [7, 11) is -3.47.